The van der Waals surface area contributed by atoms with E-state index in [-0.39, 0.29) is 11.4 Å². The zero-order valence-corrected chi connectivity index (χ0v) is 10.7. The van der Waals surface area contributed by atoms with Crippen LogP contribution in [-0.4, -0.2) is 11.3 Å². The third-order valence-electron chi connectivity index (χ3n) is 2.61. The highest BCUT2D eigenvalue weighted by Gasteiger charge is 2.33. The SMILES string of the molecule is Nc1nc(C(F)(F)F)ccc1-c1ccc(OC(F)(F)F)cc1. The van der Waals surface area contributed by atoms with Gasteiger partial charge in [-0.15, -0.1) is 13.2 Å². The van der Waals surface area contributed by atoms with Gasteiger partial charge in [0.2, 0.25) is 0 Å². The molecule has 1 aromatic heterocycles. The fourth-order valence-corrected chi connectivity index (χ4v) is 1.71. The molecule has 0 aliphatic rings. The zero-order chi connectivity index (χ0) is 16.5. The molecule has 2 rings (SSSR count). The van der Waals surface area contributed by atoms with Gasteiger partial charge in [0.15, 0.2) is 0 Å². The summed E-state index contributed by atoms with van der Waals surface area (Å²) in [5, 5.41) is 0. The van der Waals surface area contributed by atoms with Crippen LogP contribution in [0.5, 0.6) is 5.75 Å². The Morgan fingerprint density at radius 2 is 1.45 bits per heavy atom. The van der Waals surface area contributed by atoms with Crippen molar-refractivity contribution in [3.63, 3.8) is 0 Å². The number of nitrogens with zero attached hydrogens (tertiary/aromatic N) is 1. The molecule has 0 fully saturated rings. The number of nitrogens with two attached hydrogens (primary N) is 1. The molecule has 1 aromatic carbocycles. The van der Waals surface area contributed by atoms with E-state index in [4.69, 9.17) is 5.73 Å². The van der Waals surface area contributed by atoms with Crippen molar-refractivity contribution < 1.29 is 31.1 Å². The number of hydrogen-bond donors (Lipinski definition) is 1. The van der Waals surface area contributed by atoms with E-state index >= 15 is 0 Å². The molecule has 0 bridgehead atoms. The van der Waals surface area contributed by atoms with Crippen LogP contribution in [0.4, 0.5) is 32.2 Å². The molecular weight excluding hydrogens is 314 g/mol. The molecule has 0 radical (unpaired) electrons. The smallest absolute Gasteiger partial charge is 0.406 e. The molecular formula is C13H8F6N2O. The number of alkyl halides is 6. The number of aromatic nitrogens is 1. The lowest BCUT2D eigenvalue weighted by molar-refractivity contribution is -0.274. The van der Waals surface area contributed by atoms with E-state index in [2.05, 4.69) is 9.72 Å². The molecule has 0 spiro atoms. The Bertz CT molecular complexity index is 664. The summed E-state index contributed by atoms with van der Waals surface area (Å²) in [5.41, 5.74) is 4.81. The van der Waals surface area contributed by atoms with Gasteiger partial charge in [0.25, 0.3) is 0 Å². The van der Waals surface area contributed by atoms with Crippen molar-refractivity contribution in [1.82, 2.24) is 4.98 Å². The average molecular weight is 322 g/mol. The molecule has 2 aromatic rings. The van der Waals surface area contributed by atoms with Gasteiger partial charge in [0, 0.05) is 5.56 Å². The second-order valence-corrected chi connectivity index (χ2v) is 4.20. The Morgan fingerprint density at radius 1 is 0.864 bits per heavy atom. The largest absolute Gasteiger partial charge is 0.573 e. The molecule has 1 heterocycles. The van der Waals surface area contributed by atoms with E-state index < -0.39 is 24.0 Å². The normalized spacial score (nSPS) is 12.3. The van der Waals surface area contributed by atoms with Crippen molar-refractivity contribution in [2.24, 2.45) is 0 Å². The summed E-state index contributed by atoms with van der Waals surface area (Å²) in [4.78, 5) is 3.24. The van der Waals surface area contributed by atoms with Gasteiger partial charge < -0.3 is 10.5 Å². The molecule has 9 heteroatoms. The molecule has 2 N–H and O–H groups in total. The predicted molar refractivity (Wildman–Crippen MR) is 65.8 cm³/mol. The van der Waals surface area contributed by atoms with E-state index in [1.165, 1.54) is 12.1 Å². The molecule has 118 valence electrons. The minimum absolute atomic E-state index is 0.173. The van der Waals surface area contributed by atoms with Gasteiger partial charge in [-0.3, -0.25) is 0 Å². The molecule has 3 nitrogen and oxygen atoms in total. The second kappa shape index (κ2) is 5.39. The Labute approximate surface area is 120 Å². The highest BCUT2D eigenvalue weighted by atomic mass is 19.4. The summed E-state index contributed by atoms with van der Waals surface area (Å²) >= 11 is 0. The number of ether oxygens (including phenoxy) is 1. The quantitative estimate of drug-likeness (QED) is 0.841. The molecule has 0 amide bonds. The van der Waals surface area contributed by atoms with E-state index in [1.807, 2.05) is 0 Å². The van der Waals surface area contributed by atoms with Crippen molar-refractivity contribution in [3.8, 4) is 16.9 Å². The number of halogens is 6. The van der Waals surface area contributed by atoms with Crippen LogP contribution in [0.25, 0.3) is 11.1 Å². The molecule has 0 atom stereocenters. The maximum absolute atomic E-state index is 12.5. The lowest BCUT2D eigenvalue weighted by Gasteiger charge is -2.11. The fraction of sp³-hybridized carbons (Fsp3) is 0.154. The van der Waals surface area contributed by atoms with Gasteiger partial charge in [-0.2, -0.15) is 13.2 Å². The Balaban J connectivity index is 2.29. The Morgan fingerprint density at radius 3 is 1.91 bits per heavy atom. The van der Waals surface area contributed by atoms with E-state index in [0.29, 0.717) is 5.56 Å². The van der Waals surface area contributed by atoms with Crippen molar-refractivity contribution in [3.05, 3.63) is 42.1 Å². The summed E-state index contributed by atoms with van der Waals surface area (Å²) in [6.45, 7) is 0. The predicted octanol–water partition coefficient (Wildman–Crippen LogP) is 4.25. The molecule has 0 aliphatic carbocycles. The van der Waals surface area contributed by atoms with Crippen molar-refractivity contribution in [2.45, 2.75) is 12.5 Å². The lowest BCUT2D eigenvalue weighted by Crippen LogP contribution is -2.16. The van der Waals surface area contributed by atoms with Crippen LogP contribution >= 0.6 is 0 Å². The minimum atomic E-state index is -4.82. The van der Waals surface area contributed by atoms with Crippen LogP contribution in [0.15, 0.2) is 36.4 Å². The number of anilines is 1. The average Bonchev–Trinajstić information content (AvgIpc) is 2.37. The van der Waals surface area contributed by atoms with E-state index in [0.717, 1.165) is 24.3 Å². The molecule has 0 aliphatic heterocycles. The first kappa shape index (κ1) is 15.9. The number of nitrogen functional groups attached to an aromatic ring is 1. The molecule has 22 heavy (non-hydrogen) atoms. The topological polar surface area (TPSA) is 48.1 Å². The summed E-state index contributed by atoms with van der Waals surface area (Å²) in [6, 6.07) is 6.37. The molecule has 0 saturated heterocycles. The van der Waals surface area contributed by atoms with Crippen LogP contribution in [0.3, 0.4) is 0 Å². The lowest BCUT2D eigenvalue weighted by atomic mass is 10.1. The van der Waals surface area contributed by atoms with Gasteiger partial charge in [0.1, 0.15) is 17.3 Å². The highest BCUT2D eigenvalue weighted by Crippen LogP contribution is 2.33. The van der Waals surface area contributed by atoms with E-state index in [1.54, 1.807) is 0 Å². The van der Waals surface area contributed by atoms with Crippen molar-refractivity contribution in [2.75, 3.05) is 5.73 Å². The third kappa shape index (κ3) is 3.80. The summed E-state index contributed by atoms with van der Waals surface area (Å²) in [6.07, 6.45) is -9.45. The number of pyridine rings is 1. The first-order valence-electron chi connectivity index (χ1n) is 5.76. The first-order valence-corrected chi connectivity index (χ1v) is 5.76. The zero-order valence-electron chi connectivity index (χ0n) is 10.7. The van der Waals surface area contributed by atoms with Gasteiger partial charge in [0.05, 0.1) is 0 Å². The van der Waals surface area contributed by atoms with Gasteiger partial charge in [-0.25, -0.2) is 4.98 Å². The van der Waals surface area contributed by atoms with Crippen LogP contribution in [0.1, 0.15) is 5.69 Å². The fourth-order valence-electron chi connectivity index (χ4n) is 1.71. The van der Waals surface area contributed by atoms with Crippen LogP contribution in [0, 0.1) is 0 Å². The number of hydrogen-bond acceptors (Lipinski definition) is 3. The van der Waals surface area contributed by atoms with Gasteiger partial charge >= 0.3 is 12.5 Å². The third-order valence-corrected chi connectivity index (χ3v) is 2.61. The van der Waals surface area contributed by atoms with E-state index in [9.17, 15) is 26.3 Å². The Kier molecular flexibility index (Phi) is 3.90. The minimum Gasteiger partial charge on any atom is -0.406 e. The summed E-state index contributed by atoms with van der Waals surface area (Å²) < 4.78 is 77.2. The van der Waals surface area contributed by atoms with Crippen LogP contribution in [-0.2, 0) is 6.18 Å². The maximum atomic E-state index is 12.5. The first-order chi connectivity index (χ1) is 10.1. The second-order valence-electron chi connectivity index (χ2n) is 4.20. The molecule has 0 unspecified atom stereocenters. The summed E-state index contributed by atoms with van der Waals surface area (Å²) in [5.74, 6) is -0.825. The summed E-state index contributed by atoms with van der Waals surface area (Å²) in [7, 11) is 0. The van der Waals surface area contributed by atoms with Crippen molar-refractivity contribution >= 4 is 5.82 Å². The molecule has 0 saturated carbocycles. The van der Waals surface area contributed by atoms with Crippen molar-refractivity contribution in [1.29, 1.82) is 0 Å². The standard InChI is InChI=1S/C13H8F6N2O/c14-12(15,16)10-6-5-9(11(20)21-10)7-1-3-8(4-2-7)22-13(17,18)19/h1-6H,(H2,20,21). The maximum Gasteiger partial charge on any atom is 0.573 e. The number of benzene rings is 1. The van der Waals surface area contributed by atoms with Gasteiger partial charge in [-0.05, 0) is 29.8 Å². The van der Waals surface area contributed by atoms with Crippen LogP contribution in [0.2, 0.25) is 0 Å². The van der Waals surface area contributed by atoms with Crippen LogP contribution < -0.4 is 10.5 Å². The Hall–Kier alpha value is -2.45. The number of rotatable bonds is 2. The van der Waals surface area contributed by atoms with Gasteiger partial charge in [-0.1, -0.05) is 12.1 Å². The highest BCUT2D eigenvalue weighted by molar-refractivity contribution is 5.74. The monoisotopic (exact) mass is 322 g/mol.